The minimum absolute atomic E-state index is 0.0511. The molecular formula is C24H29N3O3. The third-order valence-corrected chi connectivity index (χ3v) is 5.58. The Bertz CT molecular complexity index is 920. The van der Waals surface area contributed by atoms with Gasteiger partial charge >= 0.3 is 0 Å². The average molecular weight is 408 g/mol. The molecule has 0 aliphatic carbocycles. The van der Waals surface area contributed by atoms with E-state index in [-0.39, 0.29) is 24.1 Å². The van der Waals surface area contributed by atoms with Crippen LogP contribution in [0, 0.1) is 5.92 Å². The molecule has 1 atom stereocenters. The van der Waals surface area contributed by atoms with Gasteiger partial charge in [0.1, 0.15) is 0 Å². The van der Waals surface area contributed by atoms with Gasteiger partial charge in [-0.2, -0.15) is 0 Å². The first-order chi connectivity index (χ1) is 14.5. The first-order valence-electron chi connectivity index (χ1n) is 10.6. The lowest BCUT2D eigenvalue weighted by Gasteiger charge is -2.19. The van der Waals surface area contributed by atoms with E-state index in [1.807, 2.05) is 38.1 Å². The molecule has 0 radical (unpaired) electrons. The molecular weight excluding hydrogens is 378 g/mol. The van der Waals surface area contributed by atoms with Crippen molar-refractivity contribution in [2.45, 2.75) is 33.6 Å². The van der Waals surface area contributed by atoms with Crippen molar-refractivity contribution in [1.82, 2.24) is 4.90 Å². The molecule has 3 amide bonds. The summed E-state index contributed by atoms with van der Waals surface area (Å²) in [5.74, 6) is -0.743. The van der Waals surface area contributed by atoms with Crippen molar-refractivity contribution < 1.29 is 14.4 Å². The standard InChI is InChI=1S/C24H29N3O3/c1-4-17-10-12-21(13-11-17)27-16-19(15-22(27)28)23(29)25-20-9-7-8-18(14-20)24(30)26(5-2)6-3/h7-14,19H,4-6,15-16H2,1-3H3,(H,25,29). The molecule has 1 saturated heterocycles. The van der Waals surface area contributed by atoms with Gasteiger partial charge in [-0.25, -0.2) is 0 Å². The fourth-order valence-electron chi connectivity index (χ4n) is 3.71. The van der Waals surface area contributed by atoms with E-state index in [0.717, 1.165) is 12.1 Å². The molecule has 1 aliphatic rings. The summed E-state index contributed by atoms with van der Waals surface area (Å²) in [5, 5.41) is 2.88. The molecule has 1 N–H and O–H groups in total. The number of benzene rings is 2. The van der Waals surface area contributed by atoms with Gasteiger partial charge in [-0.05, 0) is 56.2 Å². The van der Waals surface area contributed by atoms with Crippen LogP contribution in [-0.4, -0.2) is 42.3 Å². The fourth-order valence-corrected chi connectivity index (χ4v) is 3.71. The van der Waals surface area contributed by atoms with Crippen molar-refractivity contribution in [2.24, 2.45) is 5.92 Å². The smallest absolute Gasteiger partial charge is 0.253 e. The molecule has 2 aromatic carbocycles. The molecule has 1 heterocycles. The number of anilines is 2. The number of aryl methyl sites for hydroxylation is 1. The summed E-state index contributed by atoms with van der Waals surface area (Å²) < 4.78 is 0. The lowest BCUT2D eigenvalue weighted by molar-refractivity contribution is -0.122. The molecule has 1 fully saturated rings. The van der Waals surface area contributed by atoms with Crippen LogP contribution in [0.1, 0.15) is 43.1 Å². The molecule has 6 heteroatoms. The molecule has 1 aliphatic heterocycles. The monoisotopic (exact) mass is 407 g/mol. The summed E-state index contributed by atoms with van der Waals surface area (Å²) in [6, 6.07) is 14.8. The minimum atomic E-state index is -0.425. The summed E-state index contributed by atoms with van der Waals surface area (Å²) in [6.07, 6.45) is 1.12. The molecule has 30 heavy (non-hydrogen) atoms. The number of carbonyl (C=O) groups excluding carboxylic acids is 3. The van der Waals surface area contributed by atoms with Crippen LogP contribution >= 0.6 is 0 Å². The Hall–Kier alpha value is -3.15. The normalized spacial score (nSPS) is 15.9. The van der Waals surface area contributed by atoms with Crippen molar-refractivity contribution >= 4 is 29.1 Å². The fraction of sp³-hybridized carbons (Fsp3) is 0.375. The third kappa shape index (κ3) is 4.70. The van der Waals surface area contributed by atoms with Crippen molar-refractivity contribution in [3.8, 4) is 0 Å². The Morgan fingerprint density at radius 1 is 1.07 bits per heavy atom. The van der Waals surface area contributed by atoms with Crippen molar-refractivity contribution in [3.63, 3.8) is 0 Å². The van der Waals surface area contributed by atoms with Gasteiger partial charge < -0.3 is 15.1 Å². The van der Waals surface area contributed by atoms with E-state index in [4.69, 9.17) is 0 Å². The topological polar surface area (TPSA) is 69.7 Å². The molecule has 0 saturated carbocycles. The Kier molecular flexibility index (Phi) is 6.87. The number of hydrogen-bond donors (Lipinski definition) is 1. The van der Waals surface area contributed by atoms with Crippen LogP contribution in [0.15, 0.2) is 48.5 Å². The highest BCUT2D eigenvalue weighted by atomic mass is 16.2. The molecule has 1 unspecified atom stereocenters. The van der Waals surface area contributed by atoms with Gasteiger partial charge in [0.2, 0.25) is 11.8 Å². The zero-order valence-electron chi connectivity index (χ0n) is 17.9. The van der Waals surface area contributed by atoms with Crippen molar-refractivity contribution in [2.75, 3.05) is 29.9 Å². The number of nitrogens with zero attached hydrogens (tertiary/aromatic N) is 2. The van der Waals surface area contributed by atoms with Gasteiger partial charge in [-0.1, -0.05) is 25.1 Å². The largest absolute Gasteiger partial charge is 0.339 e. The van der Waals surface area contributed by atoms with Crippen molar-refractivity contribution in [1.29, 1.82) is 0 Å². The Labute approximate surface area is 177 Å². The number of carbonyl (C=O) groups is 3. The average Bonchev–Trinajstić information content (AvgIpc) is 3.16. The van der Waals surface area contributed by atoms with E-state index in [1.54, 1.807) is 34.1 Å². The predicted molar refractivity (Wildman–Crippen MR) is 119 cm³/mol. The summed E-state index contributed by atoms with van der Waals surface area (Å²) >= 11 is 0. The maximum absolute atomic E-state index is 12.8. The van der Waals surface area contributed by atoms with Gasteiger partial charge in [0.05, 0.1) is 5.92 Å². The zero-order valence-corrected chi connectivity index (χ0v) is 17.9. The first kappa shape index (κ1) is 21.6. The highest BCUT2D eigenvalue weighted by Crippen LogP contribution is 2.26. The second-order valence-electron chi connectivity index (χ2n) is 7.47. The first-order valence-corrected chi connectivity index (χ1v) is 10.6. The zero-order chi connectivity index (χ0) is 21.7. The molecule has 158 valence electrons. The van der Waals surface area contributed by atoms with E-state index in [2.05, 4.69) is 12.2 Å². The molecule has 0 spiro atoms. The SMILES string of the molecule is CCc1ccc(N2CC(C(=O)Nc3cccc(C(=O)N(CC)CC)c3)CC2=O)cc1. The minimum Gasteiger partial charge on any atom is -0.339 e. The van der Waals surface area contributed by atoms with Gasteiger partial charge in [0, 0.05) is 43.0 Å². The van der Waals surface area contributed by atoms with Crippen LogP contribution in [0.5, 0.6) is 0 Å². The highest BCUT2D eigenvalue weighted by molar-refractivity contribution is 6.04. The number of rotatable bonds is 7. The second-order valence-corrected chi connectivity index (χ2v) is 7.47. The quantitative estimate of drug-likeness (QED) is 0.760. The van der Waals surface area contributed by atoms with Crippen LogP contribution in [0.25, 0.3) is 0 Å². The Balaban J connectivity index is 1.67. The summed E-state index contributed by atoms with van der Waals surface area (Å²) in [7, 11) is 0. The van der Waals surface area contributed by atoms with Crippen LogP contribution in [0.4, 0.5) is 11.4 Å². The Morgan fingerprint density at radius 3 is 2.40 bits per heavy atom. The van der Waals surface area contributed by atoms with Gasteiger partial charge in [-0.3, -0.25) is 14.4 Å². The second kappa shape index (κ2) is 9.57. The summed E-state index contributed by atoms with van der Waals surface area (Å²) in [5.41, 5.74) is 3.13. The third-order valence-electron chi connectivity index (χ3n) is 5.58. The van der Waals surface area contributed by atoms with Gasteiger partial charge in [-0.15, -0.1) is 0 Å². The van der Waals surface area contributed by atoms with E-state index >= 15 is 0 Å². The molecule has 0 aromatic heterocycles. The summed E-state index contributed by atoms with van der Waals surface area (Å²) in [4.78, 5) is 41.2. The van der Waals surface area contributed by atoms with E-state index in [0.29, 0.717) is 30.9 Å². The number of nitrogens with one attached hydrogen (secondary N) is 1. The maximum atomic E-state index is 12.8. The summed E-state index contributed by atoms with van der Waals surface area (Å²) in [6.45, 7) is 7.57. The van der Waals surface area contributed by atoms with Crippen LogP contribution < -0.4 is 10.2 Å². The van der Waals surface area contributed by atoms with Crippen molar-refractivity contribution in [3.05, 3.63) is 59.7 Å². The molecule has 2 aromatic rings. The van der Waals surface area contributed by atoms with Crippen LogP contribution in [0.3, 0.4) is 0 Å². The number of hydrogen-bond acceptors (Lipinski definition) is 3. The lowest BCUT2D eigenvalue weighted by Crippen LogP contribution is -2.30. The highest BCUT2D eigenvalue weighted by Gasteiger charge is 2.35. The lowest BCUT2D eigenvalue weighted by atomic mass is 10.1. The van der Waals surface area contributed by atoms with Crippen LogP contribution in [0.2, 0.25) is 0 Å². The van der Waals surface area contributed by atoms with Crippen LogP contribution in [-0.2, 0) is 16.0 Å². The number of amides is 3. The molecule has 3 rings (SSSR count). The van der Waals surface area contributed by atoms with E-state index in [1.165, 1.54) is 5.56 Å². The maximum Gasteiger partial charge on any atom is 0.253 e. The van der Waals surface area contributed by atoms with E-state index < -0.39 is 5.92 Å². The van der Waals surface area contributed by atoms with E-state index in [9.17, 15) is 14.4 Å². The molecule has 0 bridgehead atoms. The molecule has 6 nitrogen and oxygen atoms in total. The predicted octanol–water partition coefficient (Wildman–Crippen LogP) is 3.72. The Morgan fingerprint density at radius 2 is 1.77 bits per heavy atom. The van der Waals surface area contributed by atoms with Gasteiger partial charge in [0.25, 0.3) is 5.91 Å². The van der Waals surface area contributed by atoms with Gasteiger partial charge in [0.15, 0.2) is 0 Å².